The van der Waals surface area contributed by atoms with Gasteiger partial charge in [0.1, 0.15) is 6.04 Å². The summed E-state index contributed by atoms with van der Waals surface area (Å²) in [5, 5.41) is 6.29. The van der Waals surface area contributed by atoms with Crippen molar-refractivity contribution in [2.75, 3.05) is 10.6 Å². The van der Waals surface area contributed by atoms with Gasteiger partial charge in [0.2, 0.25) is 5.91 Å². The van der Waals surface area contributed by atoms with Crippen molar-refractivity contribution in [3.05, 3.63) is 57.1 Å². The van der Waals surface area contributed by atoms with Crippen LogP contribution in [0.5, 0.6) is 0 Å². The average molecular weight is 375 g/mol. The number of nitrogens with one attached hydrogen (secondary N) is 2. The molecule has 0 aromatic heterocycles. The molecule has 122 valence electrons. The van der Waals surface area contributed by atoms with Gasteiger partial charge in [-0.25, -0.2) is 0 Å². The van der Waals surface area contributed by atoms with Gasteiger partial charge in [-0.3, -0.25) is 4.79 Å². The van der Waals surface area contributed by atoms with Crippen LogP contribution in [0.25, 0.3) is 0 Å². The zero-order valence-corrected chi connectivity index (χ0v) is 15.8. The van der Waals surface area contributed by atoms with E-state index in [2.05, 4.69) is 45.6 Å². The molecule has 0 bridgehead atoms. The summed E-state index contributed by atoms with van der Waals surface area (Å²) in [6.07, 6.45) is 0. The third-order valence-electron chi connectivity index (χ3n) is 3.86. The van der Waals surface area contributed by atoms with Gasteiger partial charge in [-0.05, 0) is 69.5 Å². The molecule has 0 saturated carbocycles. The highest BCUT2D eigenvalue weighted by atomic mass is 79.9. The minimum atomic E-state index is -0.323. The second kappa shape index (κ2) is 7.18. The van der Waals surface area contributed by atoms with Crippen molar-refractivity contribution in [3.8, 4) is 0 Å². The summed E-state index contributed by atoms with van der Waals surface area (Å²) in [7, 11) is 0. The van der Waals surface area contributed by atoms with Gasteiger partial charge in [-0.1, -0.05) is 33.6 Å². The second-order valence-electron chi connectivity index (χ2n) is 6.09. The van der Waals surface area contributed by atoms with E-state index in [9.17, 15) is 4.79 Å². The minimum Gasteiger partial charge on any atom is -0.374 e. The van der Waals surface area contributed by atoms with Crippen molar-refractivity contribution in [2.24, 2.45) is 0 Å². The quantitative estimate of drug-likeness (QED) is 0.779. The maximum atomic E-state index is 12.5. The molecule has 0 fully saturated rings. The Kier molecular flexibility index (Phi) is 5.47. The fourth-order valence-electron chi connectivity index (χ4n) is 2.66. The topological polar surface area (TPSA) is 41.1 Å². The van der Waals surface area contributed by atoms with Gasteiger partial charge in [-0.15, -0.1) is 0 Å². The number of hydrogen-bond acceptors (Lipinski definition) is 2. The van der Waals surface area contributed by atoms with Crippen molar-refractivity contribution >= 4 is 33.2 Å². The molecule has 2 N–H and O–H groups in total. The van der Waals surface area contributed by atoms with E-state index < -0.39 is 0 Å². The van der Waals surface area contributed by atoms with E-state index in [0.717, 1.165) is 32.5 Å². The normalized spacial score (nSPS) is 11.9. The molecule has 3 nitrogen and oxygen atoms in total. The lowest BCUT2D eigenvalue weighted by Crippen LogP contribution is -2.32. The van der Waals surface area contributed by atoms with Gasteiger partial charge >= 0.3 is 0 Å². The van der Waals surface area contributed by atoms with Crippen molar-refractivity contribution in [3.63, 3.8) is 0 Å². The molecule has 0 heterocycles. The van der Waals surface area contributed by atoms with Gasteiger partial charge in [0.15, 0.2) is 0 Å². The van der Waals surface area contributed by atoms with Gasteiger partial charge in [0.25, 0.3) is 0 Å². The highest BCUT2D eigenvalue weighted by Crippen LogP contribution is 2.23. The number of anilines is 2. The number of halogens is 1. The Hall–Kier alpha value is -1.81. The summed E-state index contributed by atoms with van der Waals surface area (Å²) in [5.74, 6) is -0.0411. The first kappa shape index (κ1) is 17.5. The second-order valence-corrected chi connectivity index (χ2v) is 6.95. The zero-order chi connectivity index (χ0) is 17.1. The first-order valence-corrected chi connectivity index (χ1v) is 8.48. The molecule has 0 radical (unpaired) electrons. The number of hydrogen-bond donors (Lipinski definition) is 2. The Balaban J connectivity index is 2.10. The predicted octanol–water partition coefficient (Wildman–Crippen LogP) is 5.12. The minimum absolute atomic E-state index is 0.0411. The van der Waals surface area contributed by atoms with Gasteiger partial charge in [0.05, 0.1) is 0 Å². The van der Waals surface area contributed by atoms with E-state index >= 15 is 0 Å². The molecule has 0 saturated heterocycles. The fraction of sp³-hybridized carbons (Fsp3) is 0.316. The monoisotopic (exact) mass is 374 g/mol. The maximum absolute atomic E-state index is 12.5. The van der Waals surface area contributed by atoms with Crippen molar-refractivity contribution < 1.29 is 4.79 Å². The molecule has 2 rings (SSSR count). The summed E-state index contributed by atoms with van der Waals surface area (Å²) in [6.45, 7) is 9.99. The third kappa shape index (κ3) is 4.35. The van der Waals surface area contributed by atoms with Crippen LogP contribution >= 0.6 is 15.9 Å². The SMILES string of the molecule is Cc1cc(C)c(NC(=O)[C@H](C)Nc2ccc(Br)c(C)c2)c(C)c1. The number of benzene rings is 2. The van der Waals surface area contributed by atoms with Crippen molar-refractivity contribution in [2.45, 2.75) is 40.7 Å². The van der Waals surface area contributed by atoms with E-state index in [1.165, 1.54) is 5.56 Å². The number of amides is 1. The Morgan fingerprint density at radius 3 is 2.17 bits per heavy atom. The van der Waals surface area contributed by atoms with E-state index in [1.807, 2.05) is 45.9 Å². The molecule has 2 aromatic rings. The first-order valence-electron chi connectivity index (χ1n) is 7.69. The molecule has 4 heteroatoms. The van der Waals surface area contributed by atoms with Crippen LogP contribution in [-0.4, -0.2) is 11.9 Å². The van der Waals surface area contributed by atoms with E-state index in [0.29, 0.717) is 0 Å². The summed E-state index contributed by atoms with van der Waals surface area (Å²) in [5.41, 5.74) is 6.35. The zero-order valence-electron chi connectivity index (χ0n) is 14.3. The highest BCUT2D eigenvalue weighted by Gasteiger charge is 2.15. The van der Waals surface area contributed by atoms with Crippen molar-refractivity contribution in [1.82, 2.24) is 0 Å². The van der Waals surface area contributed by atoms with Crippen LogP contribution < -0.4 is 10.6 Å². The molecule has 0 aliphatic heterocycles. The Labute approximate surface area is 146 Å². The molecule has 1 atom stereocenters. The Morgan fingerprint density at radius 2 is 1.61 bits per heavy atom. The largest absolute Gasteiger partial charge is 0.374 e. The van der Waals surface area contributed by atoms with Crippen LogP contribution in [0.15, 0.2) is 34.8 Å². The number of carbonyl (C=O) groups is 1. The average Bonchev–Trinajstić information content (AvgIpc) is 2.46. The maximum Gasteiger partial charge on any atom is 0.246 e. The smallest absolute Gasteiger partial charge is 0.246 e. The number of rotatable bonds is 4. The molecule has 0 unspecified atom stereocenters. The van der Waals surface area contributed by atoms with Crippen LogP contribution in [0.3, 0.4) is 0 Å². The third-order valence-corrected chi connectivity index (χ3v) is 4.75. The van der Waals surface area contributed by atoms with E-state index in [1.54, 1.807) is 0 Å². The van der Waals surface area contributed by atoms with Gasteiger partial charge < -0.3 is 10.6 Å². The molecular formula is C19H23BrN2O. The first-order chi connectivity index (χ1) is 10.8. The molecule has 0 aliphatic rings. The molecule has 23 heavy (non-hydrogen) atoms. The van der Waals surface area contributed by atoms with Crippen LogP contribution in [0, 0.1) is 27.7 Å². The fourth-order valence-corrected chi connectivity index (χ4v) is 2.91. The van der Waals surface area contributed by atoms with Crippen LogP contribution in [0.4, 0.5) is 11.4 Å². The van der Waals surface area contributed by atoms with Gasteiger partial charge in [0, 0.05) is 15.8 Å². The van der Waals surface area contributed by atoms with Crippen molar-refractivity contribution in [1.29, 1.82) is 0 Å². The summed E-state index contributed by atoms with van der Waals surface area (Å²) in [6, 6.07) is 9.81. The lowest BCUT2D eigenvalue weighted by atomic mass is 10.0. The molecule has 0 aliphatic carbocycles. The van der Waals surface area contributed by atoms with Gasteiger partial charge in [-0.2, -0.15) is 0 Å². The van der Waals surface area contributed by atoms with Crippen LogP contribution in [0.1, 0.15) is 29.2 Å². The van der Waals surface area contributed by atoms with Crippen LogP contribution in [0.2, 0.25) is 0 Å². The van der Waals surface area contributed by atoms with Crippen LogP contribution in [-0.2, 0) is 4.79 Å². The summed E-state index contributed by atoms with van der Waals surface area (Å²) >= 11 is 3.48. The molecule has 0 spiro atoms. The predicted molar refractivity (Wildman–Crippen MR) is 101 cm³/mol. The Morgan fingerprint density at radius 1 is 1.00 bits per heavy atom. The number of carbonyl (C=O) groups excluding carboxylic acids is 1. The standard InChI is InChI=1S/C19H23BrN2O/c1-11-8-13(3)18(14(4)9-11)22-19(23)15(5)21-16-6-7-17(20)12(2)10-16/h6-10,15,21H,1-5H3,(H,22,23)/t15-/m0/s1. The lowest BCUT2D eigenvalue weighted by molar-refractivity contribution is -0.116. The molecular weight excluding hydrogens is 352 g/mol. The van der Waals surface area contributed by atoms with E-state index in [4.69, 9.17) is 0 Å². The van der Waals surface area contributed by atoms with E-state index in [-0.39, 0.29) is 11.9 Å². The molecule has 2 aromatic carbocycles. The summed E-state index contributed by atoms with van der Waals surface area (Å²) in [4.78, 5) is 12.5. The molecule has 1 amide bonds. The Bertz CT molecular complexity index is 717. The highest BCUT2D eigenvalue weighted by molar-refractivity contribution is 9.10. The lowest BCUT2D eigenvalue weighted by Gasteiger charge is -2.18. The summed E-state index contributed by atoms with van der Waals surface area (Å²) < 4.78 is 1.06. The number of aryl methyl sites for hydroxylation is 4.